The van der Waals surface area contributed by atoms with E-state index in [1.807, 2.05) is 6.92 Å². The molecule has 1 aliphatic rings. The van der Waals surface area contributed by atoms with Gasteiger partial charge in [-0.2, -0.15) is 0 Å². The van der Waals surface area contributed by atoms with Crippen LogP contribution in [0.15, 0.2) is 0 Å². The first-order valence-corrected chi connectivity index (χ1v) is 5.20. The molecular weight excluding hydrogens is 164 g/mol. The number of hydrogen-bond acceptors (Lipinski definition) is 2. The fourth-order valence-corrected chi connectivity index (χ4v) is 1.42. The van der Waals surface area contributed by atoms with Gasteiger partial charge in [-0.25, -0.2) is 0 Å². The molecule has 0 bridgehead atoms. The predicted octanol–water partition coefficient (Wildman–Crippen LogP) is 0.902. The van der Waals surface area contributed by atoms with Crippen LogP contribution in [0.4, 0.5) is 0 Å². The maximum Gasteiger partial charge on any atom is 0.233 e. The third kappa shape index (κ3) is 3.35. The summed E-state index contributed by atoms with van der Waals surface area (Å²) in [5.41, 5.74) is 0.460. The van der Waals surface area contributed by atoms with Crippen molar-refractivity contribution in [3.8, 4) is 0 Å². The van der Waals surface area contributed by atoms with Gasteiger partial charge in [0.1, 0.15) is 0 Å². The number of hydrogen-bond donors (Lipinski definition) is 2. The van der Waals surface area contributed by atoms with Crippen LogP contribution in [0.5, 0.6) is 0 Å². The standard InChI is InChI=1S/C10H20N2O/c1-3-10(5-6-10)8-12-9(13)7-11-4-2/h11H,3-8H2,1-2H3,(H,12,13). The van der Waals surface area contributed by atoms with Gasteiger partial charge in [0.25, 0.3) is 0 Å². The first kappa shape index (κ1) is 10.5. The van der Waals surface area contributed by atoms with E-state index in [1.165, 1.54) is 19.3 Å². The summed E-state index contributed by atoms with van der Waals surface area (Å²) in [5, 5.41) is 5.98. The molecule has 0 aromatic heterocycles. The molecule has 1 saturated carbocycles. The Hall–Kier alpha value is -0.570. The Morgan fingerprint density at radius 1 is 1.38 bits per heavy atom. The van der Waals surface area contributed by atoms with E-state index in [9.17, 15) is 4.79 Å². The SMILES string of the molecule is CCNCC(=O)NCC1(CC)CC1. The maximum absolute atomic E-state index is 11.2. The lowest BCUT2D eigenvalue weighted by Crippen LogP contribution is -2.36. The number of nitrogens with one attached hydrogen (secondary N) is 2. The first-order chi connectivity index (χ1) is 6.22. The molecule has 1 aliphatic carbocycles. The van der Waals surface area contributed by atoms with E-state index in [-0.39, 0.29) is 5.91 Å². The Labute approximate surface area is 80.3 Å². The first-order valence-electron chi connectivity index (χ1n) is 5.20. The van der Waals surface area contributed by atoms with E-state index in [2.05, 4.69) is 17.6 Å². The molecule has 0 unspecified atom stereocenters. The zero-order chi connectivity index (χ0) is 9.73. The molecule has 3 nitrogen and oxygen atoms in total. The van der Waals surface area contributed by atoms with Gasteiger partial charge in [0.2, 0.25) is 5.91 Å². The van der Waals surface area contributed by atoms with Gasteiger partial charge >= 0.3 is 0 Å². The monoisotopic (exact) mass is 184 g/mol. The second kappa shape index (κ2) is 4.61. The summed E-state index contributed by atoms with van der Waals surface area (Å²) in [5.74, 6) is 0.126. The van der Waals surface area contributed by atoms with Crippen LogP contribution in [0.25, 0.3) is 0 Å². The smallest absolute Gasteiger partial charge is 0.233 e. The van der Waals surface area contributed by atoms with Crippen LogP contribution in [0.3, 0.4) is 0 Å². The van der Waals surface area contributed by atoms with E-state index >= 15 is 0 Å². The number of amides is 1. The van der Waals surface area contributed by atoms with Gasteiger partial charge in [0.15, 0.2) is 0 Å². The lowest BCUT2D eigenvalue weighted by atomic mass is 10.0. The molecule has 2 N–H and O–H groups in total. The molecule has 1 amide bonds. The van der Waals surface area contributed by atoms with Gasteiger partial charge < -0.3 is 10.6 Å². The molecule has 0 heterocycles. The normalized spacial score (nSPS) is 18.3. The van der Waals surface area contributed by atoms with Crippen LogP contribution < -0.4 is 10.6 Å². The lowest BCUT2D eigenvalue weighted by Gasteiger charge is -2.13. The Bertz CT molecular complexity index is 176. The highest BCUT2D eigenvalue weighted by Gasteiger charge is 2.40. The Balaban J connectivity index is 2.08. The van der Waals surface area contributed by atoms with Crippen LogP contribution in [0.1, 0.15) is 33.1 Å². The van der Waals surface area contributed by atoms with Gasteiger partial charge in [-0.15, -0.1) is 0 Å². The molecule has 0 radical (unpaired) electrons. The number of likely N-dealkylation sites (N-methyl/N-ethyl adjacent to an activating group) is 1. The Morgan fingerprint density at radius 3 is 2.54 bits per heavy atom. The molecule has 0 atom stereocenters. The van der Waals surface area contributed by atoms with Crippen molar-refractivity contribution in [2.75, 3.05) is 19.6 Å². The minimum atomic E-state index is 0.126. The van der Waals surface area contributed by atoms with Crippen LogP contribution in [0.2, 0.25) is 0 Å². The van der Waals surface area contributed by atoms with Gasteiger partial charge in [-0.1, -0.05) is 13.8 Å². The summed E-state index contributed by atoms with van der Waals surface area (Å²) in [6.45, 7) is 6.38. The summed E-state index contributed by atoms with van der Waals surface area (Å²) in [6, 6.07) is 0. The highest BCUT2D eigenvalue weighted by molar-refractivity contribution is 5.78. The summed E-state index contributed by atoms with van der Waals surface area (Å²) in [7, 11) is 0. The minimum Gasteiger partial charge on any atom is -0.354 e. The minimum absolute atomic E-state index is 0.126. The summed E-state index contributed by atoms with van der Waals surface area (Å²) in [4.78, 5) is 11.2. The summed E-state index contributed by atoms with van der Waals surface area (Å²) < 4.78 is 0. The van der Waals surface area contributed by atoms with Crippen LogP contribution >= 0.6 is 0 Å². The molecule has 0 spiro atoms. The Kier molecular flexibility index (Phi) is 3.72. The van der Waals surface area contributed by atoms with E-state index in [0.29, 0.717) is 12.0 Å². The molecule has 1 rings (SSSR count). The summed E-state index contributed by atoms with van der Waals surface area (Å²) in [6.07, 6.45) is 3.75. The molecule has 13 heavy (non-hydrogen) atoms. The van der Waals surface area contributed by atoms with Gasteiger partial charge in [0.05, 0.1) is 6.54 Å². The molecule has 1 fully saturated rings. The number of carbonyl (C=O) groups is 1. The molecule has 3 heteroatoms. The van der Waals surface area contributed by atoms with Crippen LogP contribution in [-0.4, -0.2) is 25.5 Å². The van der Waals surface area contributed by atoms with Crippen molar-refractivity contribution in [3.63, 3.8) is 0 Å². The molecule has 0 aromatic carbocycles. The zero-order valence-electron chi connectivity index (χ0n) is 8.65. The van der Waals surface area contributed by atoms with Crippen molar-refractivity contribution < 1.29 is 4.79 Å². The van der Waals surface area contributed by atoms with E-state index in [4.69, 9.17) is 0 Å². The quantitative estimate of drug-likeness (QED) is 0.644. The predicted molar refractivity (Wildman–Crippen MR) is 53.5 cm³/mol. The second-order valence-corrected chi connectivity index (χ2v) is 3.91. The van der Waals surface area contributed by atoms with Crippen molar-refractivity contribution in [1.82, 2.24) is 10.6 Å². The second-order valence-electron chi connectivity index (χ2n) is 3.91. The Morgan fingerprint density at radius 2 is 2.08 bits per heavy atom. The fraction of sp³-hybridized carbons (Fsp3) is 0.900. The average molecular weight is 184 g/mol. The highest BCUT2D eigenvalue weighted by Crippen LogP contribution is 2.47. The van der Waals surface area contributed by atoms with Gasteiger partial charge in [0, 0.05) is 6.54 Å². The van der Waals surface area contributed by atoms with Crippen molar-refractivity contribution in [3.05, 3.63) is 0 Å². The molecule has 0 aliphatic heterocycles. The summed E-state index contributed by atoms with van der Waals surface area (Å²) >= 11 is 0. The maximum atomic E-state index is 11.2. The van der Waals surface area contributed by atoms with Crippen molar-refractivity contribution in [2.45, 2.75) is 33.1 Å². The van der Waals surface area contributed by atoms with E-state index in [0.717, 1.165) is 13.1 Å². The molecule has 76 valence electrons. The van der Waals surface area contributed by atoms with E-state index < -0.39 is 0 Å². The average Bonchev–Trinajstić information content (AvgIpc) is 2.92. The number of carbonyl (C=O) groups excluding carboxylic acids is 1. The third-order valence-corrected chi connectivity index (χ3v) is 2.90. The zero-order valence-corrected chi connectivity index (χ0v) is 8.65. The largest absolute Gasteiger partial charge is 0.354 e. The topological polar surface area (TPSA) is 41.1 Å². The van der Waals surface area contributed by atoms with Crippen molar-refractivity contribution in [2.24, 2.45) is 5.41 Å². The van der Waals surface area contributed by atoms with Crippen LogP contribution in [-0.2, 0) is 4.79 Å². The lowest BCUT2D eigenvalue weighted by molar-refractivity contribution is -0.120. The van der Waals surface area contributed by atoms with Crippen LogP contribution in [0, 0.1) is 5.41 Å². The fourth-order valence-electron chi connectivity index (χ4n) is 1.42. The van der Waals surface area contributed by atoms with Gasteiger partial charge in [-0.3, -0.25) is 4.79 Å². The third-order valence-electron chi connectivity index (χ3n) is 2.90. The highest BCUT2D eigenvalue weighted by atomic mass is 16.1. The van der Waals surface area contributed by atoms with Gasteiger partial charge in [-0.05, 0) is 31.2 Å². The molecule has 0 aromatic rings. The molecule has 0 saturated heterocycles. The number of rotatable bonds is 6. The van der Waals surface area contributed by atoms with E-state index in [1.54, 1.807) is 0 Å². The van der Waals surface area contributed by atoms with Crippen molar-refractivity contribution in [1.29, 1.82) is 0 Å². The molecular formula is C10H20N2O. The van der Waals surface area contributed by atoms with Crippen molar-refractivity contribution >= 4 is 5.91 Å².